The van der Waals surface area contributed by atoms with Crippen molar-refractivity contribution in [2.24, 2.45) is 0 Å². The molecule has 0 spiro atoms. The fraction of sp³-hybridized carbons (Fsp3) is 0.643. The van der Waals surface area contributed by atoms with Crippen molar-refractivity contribution in [3.05, 3.63) is 24.2 Å². The van der Waals surface area contributed by atoms with Crippen LogP contribution in [-0.2, 0) is 9.84 Å². The highest BCUT2D eigenvalue weighted by Crippen LogP contribution is 2.22. The molecule has 0 radical (unpaired) electrons. The number of likely N-dealkylation sites (tertiary alicyclic amines) is 1. The van der Waals surface area contributed by atoms with E-state index in [4.69, 9.17) is 4.42 Å². The summed E-state index contributed by atoms with van der Waals surface area (Å²) < 4.78 is 28.0. The number of carbonyl (C=O) groups excluding carboxylic acids is 1. The molecule has 6 nitrogen and oxygen atoms in total. The molecule has 0 unspecified atom stereocenters. The van der Waals surface area contributed by atoms with Gasteiger partial charge < -0.3 is 9.73 Å². The second kappa shape index (κ2) is 5.81. The first-order valence-electron chi connectivity index (χ1n) is 7.31. The van der Waals surface area contributed by atoms with E-state index >= 15 is 0 Å². The number of nitrogens with one attached hydrogen (secondary N) is 1. The highest BCUT2D eigenvalue weighted by atomic mass is 32.2. The lowest BCUT2D eigenvalue weighted by Crippen LogP contribution is -2.48. The number of furan rings is 1. The van der Waals surface area contributed by atoms with Crippen molar-refractivity contribution < 1.29 is 17.6 Å². The van der Waals surface area contributed by atoms with Gasteiger partial charge in [0.2, 0.25) is 0 Å². The number of hydrogen-bond donors (Lipinski definition) is 1. The highest BCUT2D eigenvalue weighted by molar-refractivity contribution is 7.91. The highest BCUT2D eigenvalue weighted by Gasteiger charge is 2.34. The molecule has 1 aromatic rings. The summed E-state index contributed by atoms with van der Waals surface area (Å²) in [5.74, 6) is 0.499. The molecule has 3 rings (SSSR count). The number of nitrogens with zero attached hydrogens (tertiary/aromatic N) is 1. The molecule has 1 N–H and O–H groups in total. The van der Waals surface area contributed by atoms with E-state index in [9.17, 15) is 13.2 Å². The van der Waals surface area contributed by atoms with E-state index in [2.05, 4.69) is 10.2 Å². The van der Waals surface area contributed by atoms with Gasteiger partial charge in [-0.05, 0) is 25.3 Å². The van der Waals surface area contributed by atoms with Crippen molar-refractivity contribution >= 4 is 15.7 Å². The molecule has 0 bridgehead atoms. The molecule has 1 amide bonds. The van der Waals surface area contributed by atoms with Crippen LogP contribution in [0.5, 0.6) is 0 Å². The molecule has 0 saturated carbocycles. The molecule has 1 aromatic heterocycles. The first-order chi connectivity index (χ1) is 10.0. The van der Waals surface area contributed by atoms with Gasteiger partial charge in [-0.25, -0.2) is 8.42 Å². The number of piperidine rings is 1. The van der Waals surface area contributed by atoms with E-state index < -0.39 is 9.84 Å². The summed E-state index contributed by atoms with van der Waals surface area (Å²) >= 11 is 0. The minimum Gasteiger partial charge on any atom is -0.472 e. The third-order valence-electron chi connectivity index (χ3n) is 4.37. The summed E-state index contributed by atoms with van der Waals surface area (Å²) in [6, 6.07) is 1.97. The lowest BCUT2D eigenvalue weighted by atomic mass is 10.0. The van der Waals surface area contributed by atoms with Gasteiger partial charge in [0.1, 0.15) is 6.26 Å². The summed E-state index contributed by atoms with van der Waals surface area (Å²) in [6.07, 6.45) is 5.39. The largest absolute Gasteiger partial charge is 0.472 e. The normalized spacial score (nSPS) is 26.8. The Balaban J connectivity index is 1.48. The van der Waals surface area contributed by atoms with Crippen LogP contribution < -0.4 is 5.32 Å². The van der Waals surface area contributed by atoms with Crippen LogP contribution in [0.1, 0.15) is 29.6 Å². The second-order valence-electron chi connectivity index (χ2n) is 5.85. The van der Waals surface area contributed by atoms with Gasteiger partial charge >= 0.3 is 0 Å². The van der Waals surface area contributed by atoms with Gasteiger partial charge in [-0.3, -0.25) is 9.69 Å². The summed E-state index contributed by atoms with van der Waals surface area (Å²) in [4.78, 5) is 14.2. The van der Waals surface area contributed by atoms with Crippen LogP contribution in [-0.4, -0.2) is 55.9 Å². The Morgan fingerprint density at radius 3 is 2.62 bits per heavy atom. The Morgan fingerprint density at radius 1 is 1.29 bits per heavy atom. The van der Waals surface area contributed by atoms with Gasteiger partial charge in [0, 0.05) is 25.2 Å². The number of sulfone groups is 1. The zero-order valence-corrected chi connectivity index (χ0v) is 12.6. The molecule has 7 heteroatoms. The minimum absolute atomic E-state index is 0.106. The van der Waals surface area contributed by atoms with Gasteiger partial charge in [0.15, 0.2) is 9.84 Å². The molecular weight excluding hydrogens is 292 g/mol. The SMILES string of the molecule is O=C(NC1CCN([C@H]2CCS(=O)(=O)C2)CC1)c1ccoc1. The Bertz CT molecular complexity index is 589. The van der Waals surface area contributed by atoms with Crippen LogP contribution in [0, 0.1) is 0 Å². The summed E-state index contributed by atoms with van der Waals surface area (Å²) in [5.41, 5.74) is 0.541. The standard InChI is InChI=1S/C14H20N2O4S/c17-14(11-3-7-20-9-11)15-12-1-5-16(6-2-12)13-4-8-21(18,19)10-13/h3,7,9,12-13H,1-2,4-6,8,10H2,(H,15,17)/t13-/m0/s1. The van der Waals surface area contributed by atoms with Gasteiger partial charge in [-0.2, -0.15) is 0 Å². The number of hydrogen-bond acceptors (Lipinski definition) is 5. The Hall–Kier alpha value is -1.34. The van der Waals surface area contributed by atoms with E-state index in [-0.39, 0.29) is 18.0 Å². The number of rotatable bonds is 3. The van der Waals surface area contributed by atoms with Crippen LogP contribution in [0.3, 0.4) is 0 Å². The summed E-state index contributed by atoms with van der Waals surface area (Å²) in [6.45, 7) is 1.69. The predicted molar refractivity (Wildman–Crippen MR) is 77.8 cm³/mol. The maximum absolute atomic E-state index is 11.9. The fourth-order valence-corrected chi connectivity index (χ4v) is 4.90. The smallest absolute Gasteiger partial charge is 0.254 e. The molecule has 3 heterocycles. The van der Waals surface area contributed by atoms with E-state index in [0.29, 0.717) is 17.1 Å². The molecule has 2 aliphatic heterocycles. The zero-order valence-electron chi connectivity index (χ0n) is 11.8. The zero-order chi connectivity index (χ0) is 14.9. The lowest BCUT2D eigenvalue weighted by Gasteiger charge is -2.35. The summed E-state index contributed by atoms with van der Waals surface area (Å²) in [5, 5.41) is 3.00. The van der Waals surface area contributed by atoms with Crippen molar-refractivity contribution in [1.29, 1.82) is 0 Å². The van der Waals surface area contributed by atoms with Crippen LogP contribution >= 0.6 is 0 Å². The van der Waals surface area contributed by atoms with Crippen molar-refractivity contribution in [1.82, 2.24) is 10.2 Å². The molecule has 0 aromatic carbocycles. The maximum Gasteiger partial charge on any atom is 0.254 e. The van der Waals surface area contributed by atoms with Crippen molar-refractivity contribution in [3.8, 4) is 0 Å². The number of amides is 1. The minimum atomic E-state index is -2.83. The van der Waals surface area contributed by atoms with E-state index in [1.165, 1.54) is 12.5 Å². The first-order valence-corrected chi connectivity index (χ1v) is 9.13. The molecule has 2 saturated heterocycles. The molecular formula is C14H20N2O4S. The Labute approximate surface area is 124 Å². The van der Waals surface area contributed by atoms with Crippen LogP contribution in [0.2, 0.25) is 0 Å². The molecule has 2 fully saturated rings. The van der Waals surface area contributed by atoms with E-state index in [1.807, 2.05) is 0 Å². The molecule has 0 aliphatic carbocycles. The van der Waals surface area contributed by atoms with Crippen molar-refractivity contribution in [2.75, 3.05) is 24.6 Å². The van der Waals surface area contributed by atoms with Gasteiger partial charge in [0.25, 0.3) is 5.91 Å². The van der Waals surface area contributed by atoms with Crippen LogP contribution in [0.15, 0.2) is 23.0 Å². The number of carbonyl (C=O) groups is 1. The van der Waals surface area contributed by atoms with E-state index in [1.54, 1.807) is 6.07 Å². The average molecular weight is 312 g/mol. The Morgan fingerprint density at radius 2 is 2.05 bits per heavy atom. The van der Waals surface area contributed by atoms with Gasteiger partial charge in [-0.15, -0.1) is 0 Å². The van der Waals surface area contributed by atoms with Crippen LogP contribution in [0.25, 0.3) is 0 Å². The Kier molecular flexibility index (Phi) is 4.03. The average Bonchev–Trinajstić information content (AvgIpc) is 3.09. The van der Waals surface area contributed by atoms with Gasteiger partial charge in [0.05, 0.1) is 23.3 Å². The summed E-state index contributed by atoms with van der Waals surface area (Å²) in [7, 11) is -2.83. The monoisotopic (exact) mass is 312 g/mol. The maximum atomic E-state index is 11.9. The van der Waals surface area contributed by atoms with Crippen LogP contribution in [0.4, 0.5) is 0 Å². The van der Waals surface area contributed by atoms with Gasteiger partial charge in [-0.1, -0.05) is 0 Å². The molecule has 2 aliphatic rings. The quantitative estimate of drug-likeness (QED) is 0.887. The molecule has 21 heavy (non-hydrogen) atoms. The molecule has 116 valence electrons. The fourth-order valence-electron chi connectivity index (χ4n) is 3.13. The first kappa shape index (κ1) is 14.6. The van der Waals surface area contributed by atoms with Crippen molar-refractivity contribution in [2.45, 2.75) is 31.3 Å². The third-order valence-corrected chi connectivity index (χ3v) is 6.12. The lowest BCUT2D eigenvalue weighted by molar-refractivity contribution is 0.0897. The van der Waals surface area contributed by atoms with E-state index in [0.717, 1.165) is 32.4 Å². The third kappa shape index (κ3) is 3.47. The second-order valence-corrected chi connectivity index (χ2v) is 8.08. The topological polar surface area (TPSA) is 79.6 Å². The van der Waals surface area contributed by atoms with Crippen molar-refractivity contribution in [3.63, 3.8) is 0 Å². The predicted octanol–water partition coefficient (Wildman–Crippen LogP) is 0.661. The molecule has 1 atom stereocenters.